The van der Waals surface area contributed by atoms with Crippen molar-refractivity contribution in [2.24, 2.45) is 0 Å². The minimum Gasteiger partial charge on any atom is -0.490 e. The summed E-state index contributed by atoms with van der Waals surface area (Å²) in [4.78, 5) is 6.08. The van der Waals surface area contributed by atoms with Crippen molar-refractivity contribution < 1.29 is 4.74 Å². The quantitative estimate of drug-likeness (QED) is 0.792. The van der Waals surface area contributed by atoms with E-state index in [0.29, 0.717) is 17.4 Å². The van der Waals surface area contributed by atoms with E-state index in [9.17, 15) is 0 Å². The summed E-state index contributed by atoms with van der Waals surface area (Å²) in [7, 11) is 4.05. The second kappa shape index (κ2) is 4.81. The first kappa shape index (κ1) is 12.3. The van der Waals surface area contributed by atoms with Crippen LogP contribution in [-0.4, -0.2) is 36.1 Å². The SMILES string of the molecule is CN(C)C(C)(C)COc1cncc(Cl)c1. The van der Waals surface area contributed by atoms with E-state index in [4.69, 9.17) is 16.3 Å². The summed E-state index contributed by atoms with van der Waals surface area (Å²) in [5, 5.41) is 0.593. The van der Waals surface area contributed by atoms with Crippen molar-refractivity contribution in [1.82, 2.24) is 9.88 Å². The molecule has 0 atom stereocenters. The number of hydrogen-bond acceptors (Lipinski definition) is 3. The molecule has 1 heterocycles. The average molecular weight is 229 g/mol. The molecule has 1 aromatic heterocycles. The number of ether oxygens (including phenoxy) is 1. The number of likely N-dealkylation sites (N-methyl/N-ethyl adjacent to an activating group) is 1. The summed E-state index contributed by atoms with van der Waals surface area (Å²) in [6, 6.07) is 1.76. The second-order valence-corrected chi connectivity index (χ2v) is 4.77. The third kappa shape index (κ3) is 3.68. The molecule has 0 aromatic carbocycles. The van der Waals surface area contributed by atoms with E-state index in [-0.39, 0.29) is 5.54 Å². The number of aromatic nitrogens is 1. The van der Waals surface area contributed by atoms with Crippen molar-refractivity contribution in [1.29, 1.82) is 0 Å². The molecule has 0 spiro atoms. The maximum atomic E-state index is 5.80. The van der Waals surface area contributed by atoms with Crippen LogP contribution >= 0.6 is 11.6 Å². The molecular weight excluding hydrogens is 212 g/mol. The Hall–Kier alpha value is -0.800. The molecule has 1 rings (SSSR count). The molecular formula is C11H17ClN2O. The normalized spacial score (nSPS) is 11.9. The lowest BCUT2D eigenvalue weighted by atomic mass is 10.1. The molecule has 15 heavy (non-hydrogen) atoms. The first-order valence-corrected chi connectivity index (χ1v) is 5.20. The molecule has 0 saturated heterocycles. The Labute approximate surface area is 96.0 Å². The molecule has 1 aromatic rings. The highest BCUT2D eigenvalue weighted by molar-refractivity contribution is 6.30. The van der Waals surface area contributed by atoms with Crippen LogP contribution < -0.4 is 4.74 Å². The molecule has 0 fully saturated rings. The summed E-state index contributed by atoms with van der Waals surface area (Å²) >= 11 is 5.80. The molecule has 3 nitrogen and oxygen atoms in total. The Morgan fingerprint density at radius 3 is 2.60 bits per heavy atom. The fraction of sp³-hybridized carbons (Fsp3) is 0.545. The van der Waals surface area contributed by atoms with Gasteiger partial charge in [-0.15, -0.1) is 0 Å². The van der Waals surface area contributed by atoms with Crippen molar-refractivity contribution in [3.63, 3.8) is 0 Å². The van der Waals surface area contributed by atoms with E-state index in [0.717, 1.165) is 0 Å². The summed E-state index contributed by atoms with van der Waals surface area (Å²) < 4.78 is 5.62. The summed E-state index contributed by atoms with van der Waals surface area (Å²) in [5.74, 6) is 0.706. The van der Waals surface area contributed by atoms with Gasteiger partial charge in [-0.2, -0.15) is 0 Å². The molecule has 0 aliphatic rings. The number of nitrogens with zero attached hydrogens (tertiary/aromatic N) is 2. The van der Waals surface area contributed by atoms with Crippen LogP contribution in [0.25, 0.3) is 0 Å². The molecule has 4 heteroatoms. The lowest BCUT2D eigenvalue weighted by Crippen LogP contribution is -2.43. The Balaban J connectivity index is 2.57. The van der Waals surface area contributed by atoms with Crippen molar-refractivity contribution in [3.8, 4) is 5.75 Å². The highest BCUT2D eigenvalue weighted by Gasteiger charge is 2.21. The summed E-state index contributed by atoms with van der Waals surface area (Å²) in [6.07, 6.45) is 3.25. The maximum absolute atomic E-state index is 5.80. The Morgan fingerprint density at radius 2 is 2.07 bits per heavy atom. The number of hydrogen-bond donors (Lipinski definition) is 0. The van der Waals surface area contributed by atoms with Crippen LogP contribution in [-0.2, 0) is 0 Å². The molecule has 0 aliphatic carbocycles. The van der Waals surface area contributed by atoms with Gasteiger partial charge in [-0.05, 0) is 27.9 Å². The van der Waals surface area contributed by atoms with E-state index < -0.39 is 0 Å². The standard InChI is InChI=1S/C11H17ClN2O/c1-11(2,14(3)4)8-15-10-5-9(12)6-13-7-10/h5-7H,8H2,1-4H3. The van der Waals surface area contributed by atoms with Gasteiger partial charge in [0.1, 0.15) is 12.4 Å². The van der Waals surface area contributed by atoms with Gasteiger partial charge in [0.15, 0.2) is 0 Å². The molecule has 0 aliphatic heterocycles. The lowest BCUT2D eigenvalue weighted by Gasteiger charge is -2.32. The number of pyridine rings is 1. The topological polar surface area (TPSA) is 25.4 Å². The third-order valence-corrected chi connectivity index (χ3v) is 2.69. The third-order valence-electron chi connectivity index (χ3n) is 2.48. The summed E-state index contributed by atoms with van der Waals surface area (Å²) in [6.45, 7) is 4.83. The van der Waals surface area contributed by atoms with Gasteiger partial charge in [-0.1, -0.05) is 11.6 Å². The van der Waals surface area contributed by atoms with Gasteiger partial charge in [-0.3, -0.25) is 4.98 Å². The highest BCUT2D eigenvalue weighted by atomic mass is 35.5. The fourth-order valence-corrected chi connectivity index (χ4v) is 1.02. The molecule has 0 bridgehead atoms. The minimum absolute atomic E-state index is 0.0116. The highest BCUT2D eigenvalue weighted by Crippen LogP contribution is 2.18. The fourth-order valence-electron chi connectivity index (χ4n) is 0.860. The smallest absolute Gasteiger partial charge is 0.139 e. The van der Waals surface area contributed by atoms with Crippen LogP contribution in [0.5, 0.6) is 5.75 Å². The Morgan fingerprint density at radius 1 is 1.40 bits per heavy atom. The predicted octanol–water partition coefficient (Wildman–Crippen LogP) is 2.45. The van der Waals surface area contributed by atoms with Crippen LogP contribution in [0, 0.1) is 0 Å². The van der Waals surface area contributed by atoms with Gasteiger partial charge in [0, 0.05) is 17.8 Å². The van der Waals surface area contributed by atoms with Crippen LogP contribution in [0.4, 0.5) is 0 Å². The maximum Gasteiger partial charge on any atom is 0.139 e. The van der Waals surface area contributed by atoms with E-state index in [1.165, 1.54) is 0 Å². The van der Waals surface area contributed by atoms with Crippen LogP contribution in [0.1, 0.15) is 13.8 Å². The summed E-state index contributed by atoms with van der Waals surface area (Å²) in [5.41, 5.74) is -0.0116. The molecule has 84 valence electrons. The van der Waals surface area contributed by atoms with Crippen molar-refractivity contribution >= 4 is 11.6 Å². The number of halogens is 1. The van der Waals surface area contributed by atoms with E-state index >= 15 is 0 Å². The Kier molecular flexibility index (Phi) is 3.94. The van der Waals surface area contributed by atoms with Gasteiger partial charge in [0.2, 0.25) is 0 Å². The number of rotatable bonds is 4. The van der Waals surface area contributed by atoms with Crippen LogP contribution in [0.3, 0.4) is 0 Å². The Bertz CT molecular complexity index is 326. The largest absolute Gasteiger partial charge is 0.490 e. The predicted molar refractivity (Wildman–Crippen MR) is 62.5 cm³/mol. The van der Waals surface area contributed by atoms with Crippen molar-refractivity contribution in [2.45, 2.75) is 19.4 Å². The molecule has 0 unspecified atom stereocenters. The van der Waals surface area contributed by atoms with Crippen molar-refractivity contribution in [3.05, 3.63) is 23.5 Å². The van der Waals surface area contributed by atoms with Gasteiger partial charge in [0.25, 0.3) is 0 Å². The van der Waals surface area contributed by atoms with Gasteiger partial charge in [-0.25, -0.2) is 0 Å². The lowest BCUT2D eigenvalue weighted by molar-refractivity contribution is 0.114. The first-order valence-electron chi connectivity index (χ1n) is 4.82. The molecule has 0 N–H and O–H groups in total. The van der Waals surface area contributed by atoms with Gasteiger partial charge < -0.3 is 9.64 Å². The van der Waals surface area contributed by atoms with Crippen molar-refractivity contribution in [2.75, 3.05) is 20.7 Å². The first-order chi connectivity index (χ1) is 6.92. The second-order valence-electron chi connectivity index (χ2n) is 4.33. The average Bonchev–Trinajstić information content (AvgIpc) is 2.15. The molecule has 0 amide bonds. The van der Waals surface area contributed by atoms with Gasteiger partial charge in [0.05, 0.1) is 11.2 Å². The van der Waals surface area contributed by atoms with Gasteiger partial charge >= 0.3 is 0 Å². The molecule has 0 radical (unpaired) electrons. The van der Waals surface area contributed by atoms with E-state index in [2.05, 4.69) is 23.7 Å². The van der Waals surface area contributed by atoms with Crippen LogP contribution in [0.2, 0.25) is 5.02 Å². The van der Waals surface area contributed by atoms with E-state index in [1.807, 2.05) is 14.1 Å². The zero-order valence-electron chi connectivity index (χ0n) is 9.62. The van der Waals surface area contributed by atoms with E-state index in [1.54, 1.807) is 18.5 Å². The zero-order chi connectivity index (χ0) is 11.5. The molecule has 0 saturated carbocycles. The minimum atomic E-state index is -0.0116. The van der Waals surface area contributed by atoms with Crippen LogP contribution in [0.15, 0.2) is 18.5 Å². The monoisotopic (exact) mass is 228 g/mol. The zero-order valence-corrected chi connectivity index (χ0v) is 10.4.